The van der Waals surface area contributed by atoms with Gasteiger partial charge in [0.05, 0.1) is 12.2 Å². The van der Waals surface area contributed by atoms with Crippen LogP contribution in [0.1, 0.15) is 55.5 Å². The first-order valence-electron chi connectivity index (χ1n) is 13.0. The molecule has 202 valence electrons. The smallest absolute Gasteiger partial charge is 0.254 e. The van der Waals surface area contributed by atoms with E-state index in [0.29, 0.717) is 55.3 Å². The van der Waals surface area contributed by atoms with Crippen LogP contribution in [-0.4, -0.2) is 66.1 Å². The van der Waals surface area contributed by atoms with E-state index in [4.69, 9.17) is 10.5 Å². The Labute approximate surface area is 222 Å². The zero-order valence-corrected chi connectivity index (χ0v) is 21.9. The maximum absolute atomic E-state index is 15.1. The van der Waals surface area contributed by atoms with Crippen molar-refractivity contribution in [2.45, 2.75) is 51.2 Å². The van der Waals surface area contributed by atoms with Gasteiger partial charge in [-0.1, -0.05) is 12.1 Å². The number of benzene rings is 2. The maximum atomic E-state index is 15.1. The largest absolute Gasteiger partial charge is 0.492 e. The molecular formula is C29H34F2N4O3. The minimum Gasteiger partial charge on any atom is -0.492 e. The standard InChI is InChI=1S/C29H34F2N4O3/c1-29(2,31)18-34-12-9-19(10-13-34)17-38-26-8-6-20(14-22(26)16-32)23-7-5-21(15-24(23)30)28(37)35-11-3-4-25(35)27(33)36/h5-8,14-15,19,25H,3-4,9-13,17-18H2,1-2H3,(H2,33,36). The summed E-state index contributed by atoms with van der Waals surface area (Å²) in [4.78, 5) is 28.0. The number of carbonyl (C=O) groups excluding carboxylic acids is 2. The molecule has 38 heavy (non-hydrogen) atoms. The van der Waals surface area contributed by atoms with Crippen LogP contribution in [0, 0.1) is 23.1 Å². The van der Waals surface area contributed by atoms with E-state index < -0.39 is 29.3 Å². The molecule has 1 atom stereocenters. The lowest BCUT2D eigenvalue weighted by Gasteiger charge is -2.34. The molecule has 0 saturated carbocycles. The first-order valence-corrected chi connectivity index (χ1v) is 13.0. The number of piperidine rings is 1. The molecule has 0 aromatic heterocycles. The third-order valence-electron chi connectivity index (χ3n) is 7.25. The summed E-state index contributed by atoms with van der Waals surface area (Å²) in [6.07, 6.45) is 2.96. The van der Waals surface area contributed by atoms with Crippen molar-refractivity contribution in [2.75, 3.05) is 32.8 Å². The number of rotatable bonds is 8. The summed E-state index contributed by atoms with van der Waals surface area (Å²) in [5.41, 5.74) is 5.36. The Kier molecular flexibility index (Phi) is 8.32. The SMILES string of the molecule is CC(C)(F)CN1CCC(COc2ccc(-c3ccc(C(=O)N4CCCC4C(N)=O)cc3F)cc2C#N)CC1. The second-order valence-electron chi connectivity index (χ2n) is 10.8. The van der Waals surface area contributed by atoms with Crippen LogP contribution >= 0.6 is 0 Å². The molecule has 4 rings (SSSR count). The zero-order chi connectivity index (χ0) is 27.4. The van der Waals surface area contributed by atoms with Crippen LogP contribution < -0.4 is 10.5 Å². The highest BCUT2D eigenvalue weighted by Gasteiger charge is 2.33. The highest BCUT2D eigenvalue weighted by Crippen LogP contribution is 2.31. The van der Waals surface area contributed by atoms with Crippen molar-refractivity contribution >= 4 is 11.8 Å². The first-order chi connectivity index (χ1) is 18.1. The molecule has 1 unspecified atom stereocenters. The molecule has 2 N–H and O–H groups in total. The van der Waals surface area contributed by atoms with E-state index in [1.807, 2.05) is 0 Å². The number of halogens is 2. The Hall–Kier alpha value is -3.51. The number of hydrogen-bond donors (Lipinski definition) is 1. The van der Waals surface area contributed by atoms with Crippen LogP contribution in [-0.2, 0) is 4.79 Å². The van der Waals surface area contributed by atoms with Gasteiger partial charge in [-0.2, -0.15) is 5.26 Å². The Bertz CT molecular complexity index is 1230. The second-order valence-corrected chi connectivity index (χ2v) is 10.8. The van der Waals surface area contributed by atoms with Gasteiger partial charge in [-0.15, -0.1) is 0 Å². The van der Waals surface area contributed by atoms with Crippen LogP contribution in [0.25, 0.3) is 11.1 Å². The molecule has 0 bridgehead atoms. The molecule has 2 heterocycles. The summed E-state index contributed by atoms with van der Waals surface area (Å²) in [7, 11) is 0. The average molecular weight is 525 g/mol. The highest BCUT2D eigenvalue weighted by molar-refractivity contribution is 5.98. The third kappa shape index (κ3) is 6.48. The lowest BCUT2D eigenvalue weighted by molar-refractivity contribution is -0.121. The van der Waals surface area contributed by atoms with Crippen molar-refractivity contribution in [3.05, 3.63) is 53.3 Å². The molecule has 0 spiro atoms. The predicted octanol–water partition coefficient (Wildman–Crippen LogP) is 4.29. The molecule has 2 aromatic rings. The minimum atomic E-state index is -1.22. The number of alkyl halides is 1. The second kappa shape index (κ2) is 11.5. The van der Waals surface area contributed by atoms with Gasteiger partial charge in [0.2, 0.25) is 5.91 Å². The lowest BCUT2D eigenvalue weighted by atomic mass is 9.96. The van der Waals surface area contributed by atoms with Gasteiger partial charge in [-0.3, -0.25) is 9.59 Å². The number of hydrogen-bond acceptors (Lipinski definition) is 5. The number of nitrogens with zero attached hydrogens (tertiary/aromatic N) is 3. The molecule has 2 fully saturated rings. The fraction of sp³-hybridized carbons (Fsp3) is 0.483. The van der Waals surface area contributed by atoms with Crippen LogP contribution in [0.5, 0.6) is 5.75 Å². The van der Waals surface area contributed by atoms with Gasteiger partial charge in [0.15, 0.2) is 0 Å². The summed E-state index contributed by atoms with van der Waals surface area (Å²) < 4.78 is 35.0. The summed E-state index contributed by atoms with van der Waals surface area (Å²) in [5.74, 6) is -0.857. The molecule has 2 aliphatic heterocycles. The van der Waals surface area contributed by atoms with Crippen molar-refractivity contribution in [1.29, 1.82) is 5.26 Å². The number of nitriles is 1. The Morgan fingerprint density at radius 3 is 2.50 bits per heavy atom. The molecule has 0 radical (unpaired) electrons. The molecular weight excluding hydrogens is 490 g/mol. The van der Waals surface area contributed by atoms with Crippen LogP contribution in [0.3, 0.4) is 0 Å². The number of amides is 2. The maximum Gasteiger partial charge on any atom is 0.254 e. The molecule has 2 saturated heterocycles. The van der Waals surface area contributed by atoms with Crippen molar-refractivity contribution < 1.29 is 23.1 Å². The van der Waals surface area contributed by atoms with Crippen LogP contribution in [0.2, 0.25) is 0 Å². The molecule has 9 heteroatoms. The van der Waals surface area contributed by atoms with E-state index in [2.05, 4.69) is 11.0 Å². The minimum absolute atomic E-state index is 0.140. The predicted molar refractivity (Wildman–Crippen MR) is 140 cm³/mol. The molecule has 7 nitrogen and oxygen atoms in total. The van der Waals surface area contributed by atoms with Gasteiger partial charge in [-0.25, -0.2) is 8.78 Å². The van der Waals surface area contributed by atoms with Crippen LogP contribution in [0.15, 0.2) is 36.4 Å². The van der Waals surface area contributed by atoms with Gasteiger partial charge in [0.25, 0.3) is 5.91 Å². The fourth-order valence-electron chi connectivity index (χ4n) is 5.31. The van der Waals surface area contributed by atoms with Crippen molar-refractivity contribution in [1.82, 2.24) is 9.80 Å². The lowest BCUT2D eigenvalue weighted by Crippen LogP contribution is -2.43. The van der Waals surface area contributed by atoms with E-state index >= 15 is 4.39 Å². The van der Waals surface area contributed by atoms with Gasteiger partial charge >= 0.3 is 0 Å². The topological polar surface area (TPSA) is 99.7 Å². The molecule has 2 aliphatic rings. The number of ether oxygens (including phenoxy) is 1. The number of carbonyl (C=O) groups is 2. The number of likely N-dealkylation sites (tertiary alicyclic amines) is 2. The first kappa shape index (κ1) is 27.5. The summed E-state index contributed by atoms with van der Waals surface area (Å²) in [6.45, 7) is 6.06. The average Bonchev–Trinajstić information content (AvgIpc) is 3.37. The number of primary amides is 1. The monoisotopic (exact) mass is 524 g/mol. The Morgan fingerprint density at radius 1 is 1.13 bits per heavy atom. The highest BCUT2D eigenvalue weighted by atomic mass is 19.1. The zero-order valence-electron chi connectivity index (χ0n) is 21.9. The summed E-state index contributed by atoms with van der Waals surface area (Å²) in [5, 5.41) is 9.69. The third-order valence-corrected chi connectivity index (χ3v) is 7.25. The van der Waals surface area contributed by atoms with Gasteiger partial charge in [-0.05, 0) is 88.4 Å². The quantitative estimate of drug-likeness (QED) is 0.555. The summed E-state index contributed by atoms with van der Waals surface area (Å²) >= 11 is 0. The van der Waals surface area contributed by atoms with E-state index in [1.165, 1.54) is 17.0 Å². The Morgan fingerprint density at radius 2 is 1.87 bits per heavy atom. The van der Waals surface area contributed by atoms with Gasteiger partial charge < -0.3 is 20.3 Å². The fourth-order valence-corrected chi connectivity index (χ4v) is 5.31. The van der Waals surface area contributed by atoms with E-state index in [0.717, 1.165) is 32.0 Å². The Balaban J connectivity index is 1.41. The van der Waals surface area contributed by atoms with Crippen molar-refractivity contribution in [2.24, 2.45) is 11.7 Å². The van der Waals surface area contributed by atoms with Crippen molar-refractivity contribution in [3.63, 3.8) is 0 Å². The van der Waals surface area contributed by atoms with Crippen molar-refractivity contribution in [3.8, 4) is 22.9 Å². The molecule has 2 amide bonds. The van der Waals surface area contributed by atoms with Gasteiger partial charge in [0, 0.05) is 24.2 Å². The molecule has 2 aromatic carbocycles. The normalized spacial score (nSPS) is 18.8. The van der Waals surface area contributed by atoms with E-state index in [9.17, 15) is 19.2 Å². The summed E-state index contributed by atoms with van der Waals surface area (Å²) in [6, 6.07) is 10.5. The number of nitrogens with two attached hydrogens (primary N) is 1. The van der Waals surface area contributed by atoms with E-state index in [-0.39, 0.29) is 11.1 Å². The van der Waals surface area contributed by atoms with E-state index in [1.54, 1.807) is 32.0 Å². The van der Waals surface area contributed by atoms with Crippen LogP contribution in [0.4, 0.5) is 8.78 Å². The molecule has 0 aliphatic carbocycles. The van der Waals surface area contributed by atoms with Gasteiger partial charge in [0.1, 0.15) is 29.3 Å².